The molecular formula is C14H21F2NO. The van der Waals surface area contributed by atoms with Crippen LogP contribution in [0.1, 0.15) is 27.7 Å². The summed E-state index contributed by atoms with van der Waals surface area (Å²) < 4.78 is 31.8. The maximum Gasteiger partial charge on any atom is 0.129 e. The van der Waals surface area contributed by atoms with E-state index in [-0.39, 0.29) is 17.8 Å². The molecule has 1 N–H and O–H groups in total. The lowest BCUT2D eigenvalue weighted by molar-refractivity contribution is 0.145. The van der Waals surface area contributed by atoms with Gasteiger partial charge in [-0.3, -0.25) is 0 Å². The Labute approximate surface area is 107 Å². The zero-order valence-corrected chi connectivity index (χ0v) is 11.3. The first-order chi connectivity index (χ1) is 8.38. The fraction of sp³-hybridized carbons (Fsp3) is 0.571. The zero-order valence-electron chi connectivity index (χ0n) is 11.3. The second-order valence-corrected chi connectivity index (χ2v) is 5.07. The molecule has 0 aliphatic rings. The van der Waals surface area contributed by atoms with Crippen LogP contribution in [-0.4, -0.2) is 18.7 Å². The van der Waals surface area contributed by atoms with Crippen LogP contribution in [0.3, 0.4) is 0 Å². The maximum absolute atomic E-state index is 13.1. The van der Waals surface area contributed by atoms with Gasteiger partial charge in [-0.1, -0.05) is 27.7 Å². The first kappa shape index (κ1) is 14.9. The first-order valence-electron chi connectivity index (χ1n) is 6.24. The molecule has 1 aromatic carbocycles. The summed E-state index contributed by atoms with van der Waals surface area (Å²) in [7, 11) is 0. The second kappa shape index (κ2) is 6.69. The van der Waals surface area contributed by atoms with Crippen LogP contribution in [0.5, 0.6) is 5.75 Å². The van der Waals surface area contributed by atoms with Crippen molar-refractivity contribution in [1.29, 1.82) is 0 Å². The molecule has 0 spiro atoms. The molecule has 0 saturated heterocycles. The summed E-state index contributed by atoms with van der Waals surface area (Å²) in [6, 6.07) is 3.59. The summed E-state index contributed by atoms with van der Waals surface area (Å²) in [6.07, 6.45) is -0.117. The summed E-state index contributed by atoms with van der Waals surface area (Å²) in [5, 5.41) is 3.26. The van der Waals surface area contributed by atoms with Crippen molar-refractivity contribution in [2.75, 3.05) is 6.54 Å². The van der Waals surface area contributed by atoms with Crippen molar-refractivity contribution < 1.29 is 13.5 Å². The molecule has 2 nitrogen and oxygen atoms in total. The zero-order chi connectivity index (χ0) is 13.7. The predicted octanol–water partition coefficient (Wildman–Crippen LogP) is 3.37. The van der Waals surface area contributed by atoms with E-state index < -0.39 is 11.6 Å². The average molecular weight is 257 g/mol. The van der Waals surface area contributed by atoms with Crippen LogP contribution >= 0.6 is 0 Å². The van der Waals surface area contributed by atoms with Crippen LogP contribution in [0.15, 0.2) is 18.2 Å². The number of benzene rings is 1. The third-order valence-corrected chi connectivity index (χ3v) is 2.59. The molecule has 18 heavy (non-hydrogen) atoms. The van der Waals surface area contributed by atoms with Crippen LogP contribution in [0.4, 0.5) is 8.78 Å². The second-order valence-electron chi connectivity index (χ2n) is 5.07. The molecule has 1 unspecified atom stereocenters. The molecule has 0 aliphatic heterocycles. The van der Waals surface area contributed by atoms with Gasteiger partial charge in [0.05, 0.1) is 0 Å². The fourth-order valence-electron chi connectivity index (χ4n) is 1.54. The molecular weight excluding hydrogens is 236 g/mol. The quantitative estimate of drug-likeness (QED) is 0.843. The van der Waals surface area contributed by atoms with Gasteiger partial charge in [-0.25, -0.2) is 8.78 Å². The van der Waals surface area contributed by atoms with Gasteiger partial charge in [0.2, 0.25) is 0 Å². The van der Waals surface area contributed by atoms with Crippen molar-refractivity contribution in [2.24, 2.45) is 5.92 Å². The first-order valence-corrected chi connectivity index (χ1v) is 6.24. The molecule has 0 aromatic heterocycles. The van der Waals surface area contributed by atoms with E-state index in [9.17, 15) is 8.78 Å². The third kappa shape index (κ3) is 5.00. The van der Waals surface area contributed by atoms with E-state index in [1.165, 1.54) is 12.1 Å². The average Bonchev–Trinajstić information content (AvgIpc) is 2.22. The van der Waals surface area contributed by atoms with E-state index >= 15 is 0 Å². The SMILES string of the molecule is CC(C)NCC(Oc1cc(F)cc(F)c1)C(C)C. The Morgan fingerprint density at radius 1 is 1.06 bits per heavy atom. The van der Waals surface area contributed by atoms with Crippen LogP contribution in [0.25, 0.3) is 0 Å². The summed E-state index contributed by atoms with van der Waals surface area (Å²) in [6.45, 7) is 8.76. The molecule has 4 heteroatoms. The Bertz CT molecular complexity index is 360. The highest BCUT2D eigenvalue weighted by Crippen LogP contribution is 2.19. The summed E-state index contributed by atoms with van der Waals surface area (Å²) in [5.74, 6) is -0.756. The van der Waals surface area contributed by atoms with Crippen molar-refractivity contribution in [2.45, 2.75) is 39.8 Å². The van der Waals surface area contributed by atoms with E-state index in [1.807, 2.05) is 27.7 Å². The smallest absolute Gasteiger partial charge is 0.129 e. The van der Waals surface area contributed by atoms with Crippen LogP contribution in [-0.2, 0) is 0 Å². The van der Waals surface area contributed by atoms with Gasteiger partial charge < -0.3 is 10.1 Å². The van der Waals surface area contributed by atoms with E-state index in [4.69, 9.17) is 4.74 Å². The fourth-order valence-corrected chi connectivity index (χ4v) is 1.54. The highest BCUT2D eigenvalue weighted by atomic mass is 19.1. The van der Waals surface area contributed by atoms with Crippen molar-refractivity contribution in [1.82, 2.24) is 5.32 Å². The van der Waals surface area contributed by atoms with Crippen LogP contribution in [0, 0.1) is 17.6 Å². The lowest BCUT2D eigenvalue weighted by atomic mass is 10.1. The molecule has 1 atom stereocenters. The Morgan fingerprint density at radius 2 is 1.61 bits per heavy atom. The Balaban J connectivity index is 2.70. The molecule has 0 aliphatic carbocycles. The molecule has 0 amide bonds. The lowest BCUT2D eigenvalue weighted by Gasteiger charge is -2.24. The maximum atomic E-state index is 13.1. The standard InChI is InChI=1S/C14H21F2NO/c1-9(2)14(8-17-10(3)4)18-13-6-11(15)5-12(16)7-13/h5-7,9-10,14,17H,8H2,1-4H3. The minimum absolute atomic E-state index is 0.117. The largest absolute Gasteiger partial charge is 0.489 e. The number of hydrogen-bond donors (Lipinski definition) is 1. The van der Waals surface area contributed by atoms with Crippen LogP contribution in [0.2, 0.25) is 0 Å². The van der Waals surface area contributed by atoms with Gasteiger partial charge >= 0.3 is 0 Å². The minimum Gasteiger partial charge on any atom is -0.489 e. The molecule has 0 radical (unpaired) electrons. The molecule has 0 heterocycles. The molecule has 1 aromatic rings. The number of nitrogens with one attached hydrogen (secondary N) is 1. The highest BCUT2D eigenvalue weighted by molar-refractivity contribution is 5.24. The number of ether oxygens (including phenoxy) is 1. The van der Waals surface area contributed by atoms with Gasteiger partial charge in [-0.05, 0) is 5.92 Å². The van der Waals surface area contributed by atoms with Crippen LogP contribution < -0.4 is 10.1 Å². The molecule has 0 bridgehead atoms. The van der Waals surface area contributed by atoms with Gasteiger partial charge in [0.1, 0.15) is 23.5 Å². The van der Waals surface area contributed by atoms with Crippen molar-refractivity contribution in [3.8, 4) is 5.75 Å². The molecule has 0 saturated carbocycles. The van der Waals surface area contributed by atoms with Gasteiger partial charge in [0.25, 0.3) is 0 Å². The predicted molar refractivity (Wildman–Crippen MR) is 68.8 cm³/mol. The topological polar surface area (TPSA) is 21.3 Å². The highest BCUT2D eigenvalue weighted by Gasteiger charge is 2.16. The molecule has 1 rings (SSSR count). The van der Waals surface area contributed by atoms with Gasteiger partial charge in [-0.2, -0.15) is 0 Å². The van der Waals surface area contributed by atoms with E-state index in [1.54, 1.807) is 0 Å². The van der Waals surface area contributed by atoms with Gasteiger partial charge in [0, 0.05) is 30.8 Å². The number of halogens is 2. The molecule has 0 fully saturated rings. The van der Waals surface area contributed by atoms with Crippen molar-refractivity contribution in [3.05, 3.63) is 29.8 Å². The Morgan fingerprint density at radius 3 is 2.06 bits per heavy atom. The van der Waals surface area contributed by atoms with E-state index in [0.717, 1.165) is 6.07 Å². The Kier molecular flexibility index (Phi) is 5.54. The monoisotopic (exact) mass is 257 g/mol. The van der Waals surface area contributed by atoms with Crippen molar-refractivity contribution >= 4 is 0 Å². The summed E-state index contributed by atoms with van der Waals surface area (Å²) >= 11 is 0. The summed E-state index contributed by atoms with van der Waals surface area (Å²) in [4.78, 5) is 0. The van der Waals surface area contributed by atoms with Crippen molar-refractivity contribution in [3.63, 3.8) is 0 Å². The lowest BCUT2D eigenvalue weighted by Crippen LogP contribution is -2.38. The van der Waals surface area contributed by atoms with E-state index in [0.29, 0.717) is 12.6 Å². The van der Waals surface area contributed by atoms with E-state index in [2.05, 4.69) is 5.32 Å². The van der Waals surface area contributed by atoms with Gasteiger partial charge in [0.15, 0.2) is 0 Å². The third-order valence-electron chi connectivity index (χ3n) is 2.59. The molecule has 102 valence electrons. The number of hydrogen-bond acceptors (Lipinski definition) is 2. The Hall–Kier alpha value is -1.16. The minimum atomic E-state index is -0.621. The van der Waals surface area contributed by atoms with Gasteiger partial charge in [-0.15, -0.1) is 0 Å². The summed E-state index contributed by atoms with van der Waals surface area (Å²) in [5.41, 5.74) is 0. The normalized spacial score (nSPS) is 13.1. The number of rotatable bonds is 6.